The Kier molecular flexibility index (Phi) is 8.90. The van der Waals surface area contributed by atoms with Crippen molar-refractivity contribution in [3.63, 3.8) is 0 Å². The van der Waals surface area contributed by atoms with Crippen LogP contribution < -0.4 is 9.50 Å². The van der Waals surface area contributed by atoms with E-state index in [4.69, 9.17) is 25.3 Å². The Morgan fingerprint density at radius 2 is 1.94 bits per heavy atom. The fraction of sp³-hybridized carbons (Fsp3) is 0.391. The fourth-order valence-electron chi connectivity index (χ4n) is 3.54. The molecular weight excluding hydrogens is 484 g/mol. The second-order valence-electron chi connectivity index (χ2n) is 7.84. The molecule has 0 bridgehead atoms. The molecule has 0 aliphatic carbocycles. The van der Waals surface area contributed by atoms with Crippen LogP contribution in [0.15, 0.2) is 47.4 Å². The fourth-order valence-corrected chi connectivity index (χ4v) is 4.70. The van der Waals surface area contributed by atoms with Gasteiger partial charge in [0.25, 0.3) is 0 Å². The number of rotatable bonds is 10. The van der Waals surface area contributed by atoms with Crippen LogP contribution in [0.1, 0.15) is 25.3 Å². The predicted molar refractivity (Wildman–Crippen MR) is 126 cm³/mol. The quantitative estimate of drug-likeness (QED) is 0.488. The van der Waals surface area contributed by atoms with E-state index in [1.807, 2.05) is 0 Å². The summed E-state index contributed by atoms with van der Waals surface area (Å²) in [5, 5.41) is 2.94. The maximum atomic E-state index is 12.9. The van der Waals surface area contributed by atoms with E-state index in [1.165, 1.54) is 50.4 Å². The van der Waals surface area contributed by atoms with Gasteiger partial charge in [-0.3, -0.25) is 9.59 Å². The highest BCUT2D eigenvalue weighted by Crippen LogP contribution is 2.28. The molecule has 11 heteroatoms. The highest BCUT2D eigenvalue weighted by molar-refractivity contribution is 7.87. The van der Waals surface area contributed by atoms with Crippen LogP contribution in [0.25, 0.3) is 0 Å². The van der Waals surface area contributed by atoms with Gasteiger partial charge in [-0.1, -0.05) is 11.6 Å². The molecule has 34 heavy (non-hydrogen) atoms. The van der Waals surface area contributed by atoms with Gasteiger partial charge in [-0.15, -0.1) is 0 Å². The van der Waals surface area contributed by atoms with E-state index in [2.05, 4.69) is 5.32 Å². The highest BCUT2D eigenvalue weighted by Gasteiger charge is 2.25. The van der Waals surface area contributed by atoms with E-state index in [0.717, 1.165) is 12.8 Å². The van der Waals surface area contributed by atoms with Crippen LogP contribution in [0.5, 0.6) is 5.75 Å². The first-order valence-corrected chi connectivity index (χ1v) is 12.5. The van der Waals surface area contributed by atoms with Crippen LogP contribution >= 0.6 is 11.6 Å². The number of halogens is 1. The van der Waals surface area contributed by atoms with E-state index in [0.29, 0.717) is 29.4 Å². The molecule has 2 aromatic rings. The van der Waals surface area contributed by atoms with Gasteiger partial charge in [-0.25, -0.2) is 0 Å². The minimum absolute atomic E-state index is 0.0536. The molecule has 2 amide bonds. The summed E-state index contributed by atoms with van der Waals surface area (Å²) in [5.41, 5.74) is 0.883. The maximum absolute atomic E-state index is 12.9. The Bertz CT molecular complexity index is 1120. The molecule has 9 nitrogen and oxygen atoms in total. The molecule has 1 saturated heterocycles. The number of nitrogens with zero attached hydrogens (tertiary/aromatic N) is 1. The van der Waals surface area contributed by atoms with Gasteiger partial charge in [-0.05, 0) is 55.3 Å². The SMILES string of the molecule is COCC(=O)N(Cc1cc(Cl)ccc1OS(=O)(=O)c1ccc(NC(C)=O)cc1)C[C@@H]1CCCO1. The molecule has 0 unspecified atom stereocenters. The zero-order valence-corrected chi connectivity index (χ0v) is 20.5. The highest BCUT2D eigenvalue weighted by atomic mass is 35.5. The third kappa shape index (κ3) is 7.17. The summed E-state index contributed by atoms with van der Waals surface area (Å²) in [6.45, 7) is 2.28. The molecule has 0 aromatic heterocycles. The molecule has 0 saturated carbocycles. The van der Waals surface area contributed by atoms with Crippen molar-refractivity contribution >= 4 is 39.2 Å². The smallest absolute Gasteiger partial charge is 0.339 e. The normalized spacial score (nSPS) is 15.7. The van der Waals surface area contributed by atoms with Gasteiger partial charge in [0.1, 0.15) is 17.3 Å². The minimum atomic E-state index is -4.19. The minimum Gasteiger partial charge on any atom is -0.379 e. The lowest BCUT2D eigenvalue weighted by Gasteiger charge is -2.26. The third-order valence-electron chi connectivity index (χ3n) is 5.12. The number of amides is 2. The van der Waals surface area contributed by atoms with Crippen LogP contribution in [0, 0.1) is 0 Å². The van der Waals surface area contributed by atoms with Gasteiger partial charge in [-0.2, -0.15) is 8.42 Å². The van der Waals surface area contributed by atoms with Crippen molar-refractivity contribution in [3.8, 4) is 5.75 Å². The number of carbonyl (C=O) groups excluding carboxylic acids is 2. The molecule has 3 rings (SSSR count). The Morgan fingerprint density at radius 1 is 1.21 bits per heavy atom. The number of benzene rings is 2. The maximum Gasteiger partial charge on any atom is 0.339 e. The Morgan fingerprint density at radius 3 is 2.56 bits per heavy atom. The van der Waals surface area contributed by atoms with Gasteiger partial charge >= 0.3 is 10.1 Å². The number of hydrogen-bond acceptors (Lipinski definition) is 7. The third-order valence-corrected chi connectivity index (χ3v) is 6.60. The van der Waals surface area contributed by atoms with Crippen molar-refractivity contribution in [3.05, 3.63) is 53.1 Å². The molecule has 1 heterocycles. The van der Waals surface area contributed by atoms with E-state index < -0.39 is 10.1 Å². The van der Waals surface area contributed by atoms with Crippen molar-refractivity contribution in [2.45, 2.75) is 37.3 Å². The summed E-state index contributed by atoms with van der Waals surface area (Å²) in [4.78, 5) is 25.3. The molecule has 1 N–H and O–H groups in total. The van der Waals surface area contributed by atoms with Crippen LogP contribution in [0.3, 0.4) is 0 Å². The van der Waals surface area contributed by atoms with Gasteiger partial charge in [0.15, 0.2) is 0 Å². The number of hydrogen-bond donors (Lipinski definition) is 1. The molecule has 0 spiro atoms. The molecule has 1 fully saturated rings. The van der Waals surface area contributed by atoms with E-state index >= 15 is 0 Å². The molecule has 1 atom stereocenters. The average molecular weight is 511 g/mol. The summed E-state index contributed by atoms with van der Waals surface area (Å²) < 4.78 is 41.9. The van der Waals surface area contributed by atoms with Crippen LogP contribution in [-0.4, -0.2) is 58.1 Å². The van der Waals surface area contributed by atoms with Crippen molar-refractivity contribution in [1.82, 2.24) is 4.90 Å². The van der Waals surface area contributed by atoms with Crippen LogP contribution in [0.2, 0.25) is 5.02 Å². The van der Waals surface area contributed by atoms with Crippen molar-refractivity contribution in [2.75, 3.05) is 32.2 Å². The molecule has 184 valence electrons. The monoisotopic (exact) mass is 510 g/mol. The summed E-state index contributed by atoms with van der Waals surface area (Å²) in [7, 11) is -2.76. The Hall–Kier alpha value is -2.66. The lowest BCUT2D eigenvalue weighted by Crippen LogP contribution is -2.39. The molecular formula is C23H27ClN2O7S. The topological polar surface area (TPSA) is 111 Å². The van der Waals surface area contributed by atoms with Gasteiger partial charge in [0.05, 0.1) is 6.10 Å². The van der Waals surface area contributed by atoms with E-state index in [1.54, 1.807) is 11.0 Å². The summed E-state index contributed by atoms with van der Waals surface area (Å²) >= 11 is 6.17. The summed E-state index contributed by atoms with van der Waals surface area (Å²) in [6.07, 6.45) is 1.65. The number of ether oxygens (including phenoxy) is 2. The van der Waals surface area contributed by atoms with Gasteiger partial charge in [0.2, 0.25) is 11.8 Å². The van der Waals surface area contributed by atoms with Crippen molar-refractivity contribution in [1.29, 1.82) is 0 Å². The lowest BCUT2D eigenvalue weighted by molar-refractivity contribution is -0.137. The number of methoxy groups -OCH3 is 1. The first kappa shape index (κ1) is 26.0. The zero-order valence-electron chi connectivity index (χ0n) is 19.0. The molecule has 0 radical (unpaired) electrons. The number of nitrogens with one attached hydrogen (secondary N) is 1. The van der Waals surface area contributed by atoms with E-state index in [9.17, 15) is 18.0 Å². The Labute approximate surface area is 204 Å². The zero-order chi connectivity index (χ0) is 24.7. The second-order valence-corrected chi connectivity index (χ2v) is 9.82. The van der Waals surface area contributed by atoms with Crippen molar-refractivity contribution < 1.29 is 31.7 Å². The first-order valence-electron chi connectivity index (χ1n) is 10.7. The lowest BCUT2D eigenvalue weighted by atomic mass is 10.1. The summed E-state index contributed by atoms with van der Waals surface area (Å²) in [6, 6.07) is 10.1. The molecule has 2 aromatic carbocycles. The van der Waals surface area contributed by atoms with Crippen LogP contribution in [0.4, 0.5) is 5.69 Å². The van der Waals surface area contributed by atoms with Crippen LogP contribution in [-0.2, 0) is 35.7 Å². The van der Waals surface area contributed by atoms with Crippen molar-refractivity contribution in [2.24, 2.45) is 0 Å². The van der Waals surface area contributed by atoms with Gasteiger partial charge < -0.3 is 23.9 Å². The molecule has 1 aliphatic heterocycles. The number of carbonyl (C=O) groups is 2. The van der Waals surface area contributed by atoms with E-state index in [-0.39, 0.29) is 41.7 Å². The van der Waals surface area contributed by atoms with Gasteiger partial charge in [0, 0.05) is 50.0 Å². The Balaban J connectivity index is 1.83. The molecule has 1 aliphatic rings. The first-order chi connectivity index (χ1) is 16.2. The summed E-state index contributed by atoms with van der Waals surface area (Å²) in [5.74, 6) is -0.480. The standard InChI is InChI=1S/C23H27ClN2O7S/c1-16(27)25-19-6-8-21(9-7-19)34(29,30)33-22-10-5-18(24)12-17(22)13-26(23(28)15-31-2)14-20-4-3-11-32-20/h5-10,12,20H,3-4,11,13-15H2,1-2H3,(H,25,27)/t20-/m0/s1. The number of anilines is 1. The second kappa shape index (κ2) is 11.7. The largest absolute Gasteiger partial charge is 0.379 e. The average Bonchev–Trinajstić information content (AvgIpc) is 3.28. The predicted octanol–water partition coefficient (Wildman–Crippen LogP) is 3.22.